The summed E-state index contributed by atoms with van der Waals surface area (Å²) >= 11 is 0. The summed E-state index contributed by atoms with van der Waals surface area (Å²) in [5.74, 6) is 1.57. The van der Waals surface area contributed by atoms with Crippen LogP contribution in [0, 0.1) is 16.7 Å². The number of rotatable bonds is 8. The van der Waals surface area contributed by atoms with E-state index < -0.39 is 5.41 Å². The highest BCUT2D eigenvalue weighted by Crippen LogP contribution is 2.45. The first-order valence-corrected chi connectivity index (χ1v) is 8.99. The maximum atomic E-state index is 11.9. The van der Waals surface area contributed by atoms with Crippen molar-refractivity contribution in [2.45, 2.75) is 60.3 Å². The molecule has 0 aromatic heterocycles. The van der Waals surface area contributed by atoms with Gasteiger partial charge in [-0.15, -0.1) is 24.0 Å². The van der Waals surface area contributed by atoms with E-state index in [2.05, 4.69) is 41.7 Å². The molecule has 0 unspecified atom stereocenters. The molecule has 1 fully saturated rings. The van der Waals surface area contributed by atoms with Crippen LogP contribution in [-0.2, 0) is 4.79 Å². The lowest BCUT2D eigenvalue weighted by Gasteiger charge is -2.43. The van der Waals surface area contributed by atoms with Gasteiger partial charge in [-0.1, -0.05) is 20.3 Å². The van der Waals surface area contributed by atoms with Gasteiger partial charge >= 0.3 is 0 Å². The second-order valence-electron chi connectivity index (χ2n) is 7.96. The Kier molecular flexibility index (Phi) is 10.2. The van der Waals surface area contributed by atoms with E-state index in [0.29, 0.717) is 12.0 Å². The molecule has 1 aliphatic rings. The van der Waals surface area contributed by atoms with E-state index >= 15 is 0 Å². The molecule has 0 aromatic rings. The first kappa shape index (κ1) is 23.5. The third-order valence-corrected chi connectivity index (χ3v) is 4.70. The van der Waals surface area contributed by atoms with Gasteiger partial charge in [0.25, 0.3) is 0 Å². The molecule has 142 valence electrons. The van der Waals surface area contributed by atoms with Crippen LogP contribution in [-0.4, -0.2) is 38.5 Å². The first-order valence-electron chi connectivity index (χ1n) is 8.99. The molecule has 1 aliphatic carbocycles. The highest BCUT2D eigenvalue weighted by atomic mass is 127. The van der Waals surface area contributed by atoms with Crippen LogP contribution in [0.3, 0.4) is 0 Å². The summed E-state index contributed by atoms with van der Waals surface area (Å²) in [5, 5.41) is 9.51. The zero-order valence-corrected chi connectivity index (χ0v) is 18.6. The summed E-state index contributed by atoms with van der Waals surface area (Å²) in [4.78, 5) is 16.5. The van der Waals surface area contributed by atoms with Crippen LogP contribution in [0.5, 0.6) is 0 Å². The molecule has 1 saturated carbocycles. The molecule has 1 rings (SSSR count). The minimum Gasteiger partial charge on any atom is -0.359 e. The summed E-state index contributed by atoms with van der Waals surface area (Å²) in [7, 11) is 1.67. The fraction of sp³-hybridized carbons (Fsp3) is 0.889. The van der Waals surface area contributed by atoms with Crippen molar-refractivity contribution in [3.8, 4) is 0 Å². The quantitative estimate of drug-likeness (QED) is 0.301. The number of guanidine groups is 1. The summed E-state index contributed by atoms with van der Waals surface area (Å²) in [6, 6.07) is 0. The first-order chi connectivity index (χ1) is 10.7. The summed E-state index contributed by atoms with van der Waals surface area (Å²) in [5.41, 5.74) is -0.0656. The predicted octanol–water partition coefficient (Wildman–Crippen LogP) is 3.15. The number of nitrogens with zero attached hydrogens (tertiary/aromatic N) is 1. The second kappa shape index (κ2) is 10.5. The smallest absolute Gasteiger partial charge is 0.227 e. The Morgan fingerprint density at radius 1 is 1.25 bits per heavy atom. The van der Waals surface area contributed by atoms with Crippen molar-refractivity contribution < 1.29 is 4.79 Å². The van der Waals surface area contributed by atoms with Crippen LogP contribution in [0.4, 0.5) is 0 Å². The Labute approximate surface area is 165 Å². The minimum atomic E-state index is -0.497. The number of aliphatic imine (C=N–C) groups is 1. The summed E-state index contributed by atoms with van der Waals surface area (Å²) in [6.07, 6.45) is 5.22. The molecule has 0 radical (unpaired) electrons. The highest BCUT2D eigenvalue weighted by Gasteiger charge is 2.37. The largest absolute Gasteiger partial charge is 0.359 e. The molecular weight excluding hydrogens is 415 g/mol. The Morgan fingerprint density at radius 3 is 2.29 bits per heavy atom. The third kappa shape index (κ3) is 7.15. The average Bonchev–Trinajstić information content (AvgIpc) is 2.45. The van der Waals surface area contributed by atoms with Gasteiger partial charge in [-0.05, 0) is 51.4 Å². The molecule has 0 aromatic carbocycles. The van der Waals surface area contributed by atoms with Crippen molar-refractivity contribution in [1.29, 1.82) is 0 Å². The van der Waals surface area contributed by atoms with Crippen molar-refractivity contribution >= 4 is 35.8 Å². The fourth-order valence-corrected chi connectivity index (χ4v) is 3.30. The molecule has 24 heavy (non-hydrogen) atoms. The van der Waals surface area contributed by atoms with Crippen LogP contribution >= 0.6 is 24.0 Å². The summed E-state index contributed by atoms with van der Waals surface area (Å²) in [6.45, 7) is 12.8. The number of halogens is 1. The van der Waals surface area contributed by atoms with Crippen molar-refractivity contribution in [3.05, 3.63) is 0 Å². The molecule has 5 nitrogen and oxygen atoms in total. The fourth-order valence-electron chi connectivity index (χ4n) is 3.30. The van der Waals surface area contributed by atoms with Gasteiger partial charge in [0.2, 0.25) is 5.91 Å². The Morgan fingerprint density at radius 2 is 1.88 bits per heavy atom. The molecule has 0 spiro atoms. The van der Waals surface area contributed by atoms with Crippen LogP contribution in [0.1, 0.15) is 60.3 Å². The minimum absolute atomic E-state index is 0. The van der Waals surface area contributed by atoms with Crippen molar-refractivity contribution in [3.63, 3.8) is 0 Å². The van der Waals surface area contributed by atoms with Gasteiger partial charge in [-0.2, -0.15) is 0 Å². The number of hydrogen-bond donors (Lipinski definition) is 3. The molecule has 3 N–H and O–H groups in total. The molecule has 0 atom stereocenters. The number of nitrogens with one attached hydrogen (secondary N) is 3. The topological polar surface area (TPSA) is 65.5 Å². The van der Waals surface area contributed by atoms with Crippen LogP contribution in [0.25, 0.3) is 0 Å². The van der Waals surface area contributed by atoms with Crippen LogP contribution in [0.15, 0.2) is 4.99 Å². The van der Waals surface area contributed by atoms with Gasteiger partial charge in [0.05, 0.1) is 12.0 Å². The van der Waals surface area contributed by atoms with Crippen molar-refractivity contribution in [1.82, 2.24) is 16.0 Å². The third-order valence-electron chi connectivity index (χ3n) is 4.70. The number of carbonyl (C=O) groups excluding carboxylic acids is 1. The van der Waals surface area contributed by atoms with E-state index in [4.69, 9.17) is 0 Å². The Hall–Kier alpha value is -0.530. The average molecular weight is 452 g/mol. The predicted molar refractivity (Wildman–Crippen MR) is 113 cm³/mol. The van der Waals surface area contributed by atoms with Gasteiger partial charge in [0.15, 0.2) is 5.96 Å². The van der Waals surface area contributed by atoms with E-state index in [1.807, 2.05) is 13.8 Å². The highest BCUT2D eigenvalue weighted by molar-refractivity contribution is 14.0. The van der Waals surface area contributed by atoms with E-state index in [1.165, 1.54) is 25.7 Å². The molecule has 0 heterocycles. The van der Waals surface area contributed by atoms with E-state index in [1.54, 1.807) is 7.05 Å². The van der Waals surface area contributed by atoms with Gasteiger partial charge in [-0.3, -0.25) is 9.79 Å². The lowest BCUT2D eigenvalue weighted by Crippen LogP contribution is -2.47. The number of hydrogen-bond acceptors (Lipinski definition) is 2. The van der Waals surface area contributed by atoms with Crippen molar-refractivity contribution in [2.24, 2.45) is 21.7 Å². The maximum absolute atomic E-state index is 11.9. The normalized spacial score (nSPS) is 16.9. The Bertz CT molecular complexity index is 417. The molecular formula is C18H37IN4O. The van der Waals surface area contributed by atoms with Crippen LogP contribution in [0.2, 0.25) is 0 Å². The standard InChI is InChI=1S/C18H36N4O.HI/c1-7-20-16(21-12-17(4,5)15(23)19-6)22-13-18(9-8-10-18)11-14(2)3;/h14H,7-13H2,1-6H3,(H,19,23)(H2,20,21,22);1H. The van der Waals surface area contributed by atoms with Gasteiger partial charge in [0.1, 0.15) is 0 Å². The Balaban J connectivity index is 0.00000529. The number of amides is 1. The zero-order valence-electron chi connectivity index (χ0n) is 16.3. The number of carbonyl (C=O) groups is 1. The monoisotopic (exact) mass is 452 g/mol. The van der Waals surface area contributed by atoms with E-state index in [9.17, 15) is 4.79 Å². The van der Waals surface area contributed by atoms with Gasteiger partial charge in [-0.25, -0.2) is 0 Å². The molecule has 0 bridgehead atoms. The summed E-state index contributed by atoms with van der Waals surface area (Å²) < 4.78 is 0. The van der Waals surface area contributed by atoms with E-state index in [-0.39, 0.29) is 29.9 Å². The van der Waals surface area contributed by atoms with E-state index in [0.717, 1.165) is 25.0 Å². The zero-order chi connectivity index (χ0) is 17.5. The van der Waals surface area contributed by atoms with Crippen molar-refractivity contribution in [2.75, 3.05) is 26.7 Å². The van der Waals surface area contributed by atoms with Gasteiger partial charge in [0, 0.05) is 20.1 Å². The molecule has 1 amide bonds. The SMILES string of the molecule is CCNC(=NCC(C)(C)C(=O)NC)NCC1(CC(C)C)CCC1.I. The molecule has 0 aliphatic heterocycles. The lowest BCUT2D eigenvalue weighted by molar-refractivity contribution is -0.128. The second-order valence-corrected chi connectivity index (χ2v) is 7.96. The lowest BCUT2D eigenvalue weighted by atomic mass is 9.64. The molecule has 6 heteroatoms. The van der Waals surface area contributed by atoms with Gasteiger partial charge < -0.3 is 16.0 Å². The molecule has 0 saturated heterocycles. The van der Waals surface area contributed by atoms with Crippen LogP contribution < -0.4 is 16.0 Å². The maximum Gasteiger partial charge on any atom is 0.227 e.